The topological polar surface area (TPSA) is 0 Å². The summed E-state index contributed by atoms with van der Waals surface area (Å²) in [6, 6.07) is 67.7. The second-order valence-electron chi connectivity index (χ2n) is 13.7. The molecule has 11 rings (SSSR count). The highest BCUT2D eigenvalue weighted by molar-refractivity contribution is 6.26. The summed E-state index contributed by atoms with van der Waals surface area (Å²) in [5, 5.41) is 15.8. The molecular weight excluding hydrogens is 601 g/mol. The lowest BCUT2D eigenvalue weighted by Crippen LogP contribution is -1.90. The van der Waals surface area contributed by atoms with Crippen LogP contribution >= 0.6 is 0 Å². The minimum Gasteiger partial charge on any atom is -0.0622 e. The van der Waals surface area contributed by atoms with Gasteiger partial charge in [-0.2, -0.15) is 0 Å². The Morgan fingerprint density at radius 2 is 0.580 bits per heavy atom. The Labute approximate surface area is 290 Å². The highest BCUT2D eigenvalue weighted by Gasteiger charge is 2.15. The zero-order chi connectivity index (χ0) is 32.8. The van der Waals surface area contributed by atoms with Crippen molar-refractivity contribution >= 4 is 64.6 Å². The van der Waals surface area contributed by atoms with Gasteiger partial charge in [0, 0.05) is 0 Å². The monoisotopic (exact) mass is 630 g/mol. The fourth-order valence-electron chi connectivity index (χ4n) is 8.56. The Kier molecular flexibility index (Phi) is 5.76. The lowest BCUT2D eigenvalue weighted by atomic mass is 9.87. The maximum absolute atomic E-state index is 2.38. The van der Waals surface area contributed by atoms with Crippen molar-refractivity contribution in [2.45, 2.75) is 0 Å². The summed E-state index contributed by atoms with van der Waals surface area (Å²) < 4.78 is 0. The van der Waals surface area contributed by atoms with Gasteiger partial charge >= 0.3 is 0 Å². The van der Waals surface area contributed by atoms with E-state index in [1.54, 1.807) is 0 Å². The predicted octanol–water partition coefficient (Wildman–Crippen LogP) is 14.1. The molecular formula is C50H30. The zero-order valence-electron chi connectivity index (χ0n) is 27.3. The van der Waals surface area contributed by atoms with Gasteiger partial charge in [-0.25, -0.2) is 0 Å². The molecule has 230 valence electrons. The van der Waals surface area contributed by atoms with E-state index in [0.717, 1.165) is 0 Å². The molecule has 0 saturated heterocycles. The smallest absolute Gasteiger partial charge is 0.00206 e. The number of hydrogen-bond acceptors (Lipinski definition) is 0. The van der Waals surface area contributed by atoms with Gasteiger partial charge in [-0.1, -0.05) is 164 Å². The SMILES string of the molecule is c1ccc(-c2cc(-c3ccc(-c4ccc5ccc6cccc7ccc4c5c67)cc3)cc(-c3ccc4ccc5cccc6ccc3c4c56)c2)cc1. The van der Waals surface area contributed by atoms with Crippen molar-refractivity contribution in [1.82, 2.24) is 0 Å². The molecule has 0 N–H and O–H groups in total. The van der Waals surface area contributed by atoms with Gasteiger partial charge in [-0.3, -0.25) is 0 Å². The van der Waals surface area contributed by atoms with E-state index in [1.165, 1.54) is 109 Å². The van der Waals surface area contributed by atoms with Crippen LogP contribution in [0, 0.1) is 0 Å². The van der Waals surface area contributed by atoms with E-state index in [-0.39, 0.29) is 0 Å². The third-order valence-electron chi connectivity index (χ3n) is 10.9. The van der Waals surface area contributed by atoms with Crippen LogP contribution in [0.15, 0.2) is 182 Å². The lowest BCUT2D eigenvalue weighted by molar-refractivity contribution is 1.57. The Morgan fingerprint density at radius 3 is 1.10 bits per heavy atom. The molecule has 0 aliphatic heterocycles. The molecule has 0 nitrogen and oxygen atoms in total. The Balaban J connectivity index is 1.08. The first-order chi connectivity index (χ1) is 24.8. The van der Waals surface area contributed by atoms with E-state index in [0.29, 0.717) is 0 Å². The van der Waals surface area contributed by atoms with E-state index in [9.17, 15) is 0 Å². The summed E-state index contributed by atoms with van der Waals surface area (Å²) in [4.78, 5) is 0. The van der Waals surface area contributed by atoms with Gasteiger partial charge in [0.25, 0.3) is 0 Å². The van der Waals surface area contributed by atoms with Crippen molar-refractivity contribution in [2.24, 2.45) is 0 Å². The van der Waals surface area contributed by atoms with E-state index < -0.39 is 0 Å². The zero-order valence-corrected chi connectivity index (χ0v) is 27.3. The Bertz CT molecular complexity index is 3030. The average molecular weight is 631 g/mol. The first kappa shape index (κ1) is 27.5. The summed E-state index contributed by atoms with van der Waals surface area (Å²) in [5.74, 6) is 0. The summed E-state index contributed by atoms with van der Waals surface area (Å²) >= 11 is 0. The highest BCUT2D eigenvalue weighted by Crippen LogP contribution is 2.43. The first-order valence-corrected chi connectivity index (χ1v) is 17.4. The van der Waals surface area contributed by atoms with Crippen LogP contribution < -0.4 is 0 Å². The third-order valence-corrected chi connectivity index (χ3v) is 10.9. The molecule has 50 heavy (non-hydrogen) atoms. The fourth-order valence-corrected chi connectivity index (χ4v) is 8.56. The van der Waals surface area contributed by atoms with Crippen molar-refractivity contribution in [2.75, 3.05) is 0 Å². The average Bonchev–Trinajstić information content (AvgIpc) is 3.19. The van der Waals surface area contributed by atoms with Crippen molar-refractivity contribution < 1.29 is 0 Å². The van der Waals surface area contributed by atoms with Gasteiger partial charge in [0.1, 0.15) is 0 Å². The molecule has 0 fully saturated rings. The molecule has 0 amide bonds. The quantitative estimate of drug-likeness (QED) is 0.170. The molecule has 0 radical (unpaired) electrons. The van der Waals surface area contributed by atoms with Gasteiger partial charge in [-0.15, -0.1) is 0 Å². The minimum absolute atomic E-state index is 1.21. The molecule has 0 atom stereocenters. The van der Waals surface area contributed by atoms with Gasteiger partial charge in [-0.05, 0) is 127 Å². The largest absolute Gasteiger partial charge is 0.0622 e. The fraction of sp³-hybridized carbons (Fsp3) is 0. The first-order valence-electron chi connectivity index (χ1n) is 17.4. The van der Waals surface area contributed by atoms with Gasteiger partial charge in [0.15, 0.2) is 0 Å². The van der Waals surface area contributed by atoms with Crippen molar-refractivity contribution in [3.05, 3.63) is 182 Å². The van der Waals surface area contributed by atoms with Crippen LogP contribution in [-0.4, -0.2) is 0 Å². The van der Waals surface area contributed by atoms with Crippen molar-refractivity contribution in [3.63, 3.8) is 0 Å². The van der Waals surface area contributed by atoms with Crippen LogP contribution in [-0.2, 0) is 0 Å². The molecule has 0 spiro atoms. The predicted molar refractivity (Wildman–Crippen MR) is 216 cm³/mol. The second kappa shape index (κ2) is 10.5. The highest BCUT2D eigenvalue weighted by atomic mass is 14.2. The standard InChI is InChI=1S/C50H30/c1-2-6-31(7-3-1)40-28-41(30-42(29-40)44-25-21-39-19-17-35-9-5-11-37-23-27-46(44)50(39)48(35)37)32-12-14-33(15-13-32)43-24-20-38-18-16-34-8-4-10-36-22-26-45(43)49(38)47(34)36/h1-30H. The molecule has 11 aromatic rings. The van der Waals surface area contributed by atoms with E-state index in [1.807, 2.05) is 0 Å². The van der Waals surface area contributed by atoms with Gasteiger partial charge < -0.3 is 0 Å². The number of hydrogen-bond donors (Lipinski definition) is 0. The van der Waals surface area contributed by atoms with Crippen molar-refractivity contribution in [1.29, 1.82) is 0 Å². The second-order valence-corrected chi connectivity index (χ2v) is 13.7. The van der Waals surface area contributed by atoms with E-state index in [4.69, 9.17) is 0 Å². The van der Waals surface area contributed by atoms with Gasteiger partial charge in [0.05, 0.1) is 0 Å². The normalized spacial score (nSPS) is 12.0. The van der Waals surface area contributed by atoms with Crippen LogP contribution in [0.25, 0.3) is 109 Å². The summed E-state index contributed by atoms with van der Waals surface area (Å²) in [7, 11) is 0. The Hall–Kier alpha value is -6.50. The van der Waals surface area contributed by atoms with Crippen LogP contribution in [0.1, 0.15) is 0 Å². The molecule has 0 unspecified atom stereocenters. The molecule has 0 aliphatic rings. The summed E-state index contributed by atoms with van der Waals surface area (Å²) in [6.45, 7) is 0. The molecule has 0 heteroatoms. The maximum atomic E-state index is 2.38. The molecule has 0 heterocycles. The number of benzene rings is 11. The molecule has 11 aromatic carbocycles. The van der Waals surface area contributed by atoms with Crippen LogP contribution in [0.5, 0.6) is 0 Å². The lowest BCUT2D eigenvalue weighted by Gasteiger charge is -2.16. The van der Waals surface area contributed by atoms with E-state index in [2.05, 4.69) is 182 Å². The van der Waals surface area contributed by atoms with Crippen LogP contribution in [0.3, 0.4) is 0 Å². The van der Waals surface area contributed by atoms with Crippen molar-refractivity contribution in [3.8, 4) is 44.5 Å². The summed E-state index contributed by atoms with van der Waals surface area (Å²) in [5.41, 5.74) is 9.87. The molecule has 0 aromatic heterocycles. The molecule has 0 bridgehead atoms. The third kappa shape index (κ3) is 4.06. The summed E-state index contributed by atoms with van der Waals surface area (Å²) in [6.07, 6.45) is 0. The maximum Gasteiger partial charge on any atom is -0.00206 e. The minimum atomic E-state index is 1.21. The van der Waals surface area contributed by atoms with E-state index >= 15 is 0 Å². The van der Waals surface area contributed by atoms with Crippen LogP contribution in [0.2, 0.25) is 0 Å². The van der Waals surface area contributed by atoms with Crippen LogP contribution in [0.4, 0.5) is 0 Å². The van der Waals surface area contributed by atoms with Gasteiger partial charge in [0.2, 0.25) is 0 Å². The molecule has 0 saturated carbocycles. The molecule has 0 aliphatic carbocycles. The Morgan fingerprint density at radius 1 is 0.200 bits per heavy atom. The number of rotatable bonds is 4.